The van der Waals surface area contributed by atoms with Crippen LogP contribution < -0.4 is 0 Å². The Morgan fingerprint density at radius 1 is 1.38 bits per heavy atom. The van der Waals surface area contributed by atoms with E-state index in [0.717, 1.165) is 11.1 Å². The van der Waals surface area contributed by atoms with Gasteiger partial charge in [0.1, 0.15) is 5.82 Å². The molecule has 1 rings (SSSR count). The third-order valence-corrected chi connectivity index (χ3v) is 2.21. The molecular weight excluding hydrogens is 167 g/mol. The normalized spacial score (nSPS) is 10.9. The van der Waals surface area contributed by atoms with E-state index in [1.54, 1.807) is 13.0 Å². The Morgan fingerprint density at radius 3 is 2.46 bits per heavy atom. The van der Waals surface area contributed by atoms with Gasteiger partial charge in [-0.1, -0.05) is 19.9 Å². The molecule has 0 aliphatic carbocycles. The van der Waals surface area contributed by atoms with Crippen molar-refractivity contribution in [2.75, 3.05) is 0 Å². The molecule has 1 nitrogen and oxygen atoms in total. The number of aliphatic hydroxyl groups is 1. The molecule has 0 aliphatic rings. The molecule has 0 unspecified atom stereocenters. The predicted molar refractivity (Wildman–Crippen MR) is 51.1 cm³/mol. The van der Waals surface area contributed by atoms with Crippen molar-refractivity contribution >= 4 is 0 Å². The summed E-state index contributed by atoms with van der Waals surface area (Å²) < 4.78 is 13.2. The largest absolute Gasteiger partial charge is 0.392 e. The van der Waals surface area contributed by atoms with Crippen molar-refractivity contribution in [3.63, 3.8) is 0 Å². The number of aryl methyl sites for hydroxylation is 1. The van der Waals surface area contributed by atoms with Gasteiger partial charge < -0.3 is 5.11 Å². The van der Waals surface area contributed by atoms with Gasteiger partial charge in [0, 0.05) is 0 Å². The minimum atomic E-state index is -0.194. The molecule has 0 bridgehead atoms. The van der Waals surface area contributed by atoms with Gasteiger partial charge in [0.15, 0.2) is 0 Å². The Morgan fingerprint density at radius 2 is 2.00 bits per heavy atom. The molecule has 0 saturated heterocycles. The van der Waals surface area contributed by atoms with Crippen LogP contribution in [0.25, 0.3) is 0 Å². The van der Waals surface area contributed by atoms with Crippen LogP contribution in [0.2, 0.25) is 0 Å². The summed E-state index contributed by atoms with van der Waals surface area (Å²) in [6, 6.07) is 3.23. The Hall–Kier alpha value is -0.890. The lowest BCUT2D eigenvalue weighted by Crippen LogP contribution is -1.99. The minimum absolute atomic E-state index is 0.0192. The van der Waals surface area contributed by atoms with Crippen molar-refractivity contribution in [2.45, 2.75) is 33.3 Å². The van der Waals surface area contributed by atoms with Gasteiger partial charge in [-0.3, -0.25) is 0 Å². The summed E-state index contributed by atoms with van der Waals surface area (Å²) in [5.41, 5.74) is 2.31. The number of rotatable bonds is 2. The number of hydrogen-bond acceptors (Lipinski definition) is 1. The minimum Gasteiger partial charge on any atom is -0.392 e. The van der Waals surface area contributed by atoms with E-state index in [-0.39, 0.29) is 18.3 Å². The molecule has 0 spiro atoms. The molecule has 72 valence electrons. The SMILES string of the molecule is Cc1cc(CO)c(C(C)C)cc1F. The van der Waals surface area contributed by atoms with Crippen LogP contribution in [0.1, 0.15) is 36.5 Å². The second kappa shape index (κ2) is 3.88. The highest BCUT2D eigenvalue weighted by Crippen LogP contribution is 2.22. The van der Waals surface area contributed by atoms with Crippen LogP contribution in [0.4, 0.5) is 4.39 Å². The van der Waals surface area contributed by atoms with Crippen LogP contribution in [-0.4, -0.2) is 5.11 Å². The fourth-order valence-corrected chi connectivity index (χ4v) is 1.43. The quantitative estimate of drug-likeness (QED) is 0.745. The first-order valence-electron chi connectivity index (χ1n) is 4.46. The van der Waals surface area contributed by atoms with Gasteiger partial charge in [-0.05, 0) is 35.6 Å². The van der Waals surface area contributed by atoms with Crippen molar-refractivity contribution in [3.8, 4) is 0 Å². The predicted octanol–water partition coefficient (Wildman–Crippen LogP) is 2.75. The fourth-order valence-electron chi connectivity index (χ4n) is 1.43. The van der Waals surface area contributed by atoms with Crippen LogP contribution >= 0.6 is 0 Å². The van der Waals surface area contributed by atoms with E-state index < -0.39 is 0 Å². The van der Waals surface area contributed by atoms with E-state index in [1.807, 2.05) is 13.8 Å². The number of benzene rings is 1. The van der Waals surface area contributed by atoms with Gasteiger partial charge in [-0.25, -0.2) is 4.39 Å². The van der Waals surface area contributed by atoms with Crippen molar-refractivity contribution < 1.29 is 9.50 Å². The number of aliphatic hydroxyl groups excluding tert-OH is 1. The van der Waals surface area contributed by atoms with E-state index in [9.17, 15) is 4.39 Å². The summed E-state index contributed by atoms with van der Waals surface area (Å²) in [4.78, 5) is 0. The molecule has 0 aromatic heterocycles. The molecule has 1 N–H and O–H groups in total. The van der Waals surface area contributed by atoms with Crippen molar-refractivity contribution in [1.29, 1.82) is 0 Å². The zero-order valence-corrected chi connectivity index (χ0v) is 8.26. The Balaban J connectivity index is 3.25. The summed E-state index contributed by atoms with van der Waals surface area (Å²) in [5, 5.41) is 9.06. The molecule has 0 amide bonds. The maximum Gasteiger partial charge on any atom is 0.126 e. The highest BCUT2D eigenvalue weighted by molar-refractivity contribution is 5.34. The smallest absolute Gasteiger partial charge is 0.126 e. The highest BCUT2D eigenvalue weighted by Gasteiger charge is 2.09. The second-order valence-corrected chi connectivity index (χ2v) is 3.61. The Bertz CT molecular complexity index is 305. The monoisotopic (exact) mass is 182 g/mol. The van der Waals surface area contributed by atoms with Crippen LogP contribution in [0.3, 0.4) is 0 Å². The van der Waals surface area contributed by atoms with E-state index >= 15 is 0 Å². The van der Waals surface area contributed by atoms with Gasteiger partial charge in [0.2, 0.25) is 0 Å². The van der Waals surface area contributed by atoms with Crippen molar-refractivity contribution in [2.24, 2.45) is 0 Å². The van der Waals surface area contributed by atoms with E-state index in [4.69, 9.17) is 5.11 Å². The summed E-state index contributed by atoms with van der Waals surface area (Å²) >= 11 is 0. The summed E-state index contributed by atoms with van der Waals surface area (Å²) in [6.45, 7) is 5.67. The van der Waals surface area contributed by atoms with E-state index in [2.05, 4.69) is 0 Å². The zero-order valence-electron chi connectivity index (χ0n) is 8.26. The van der Waals surface area contributed by atoms with E-state index in [0.29, 0.717) is 5.56 Å². The third-order valence-electron chi connectivity index (χ3n) is 2.21. The lowest BCUT2D eigenvalue weighted by molar-refractivity contribution is 0.280. The van der Waals surface area contributed by atoms with Gasteiger partial charge in [0.25, 0.3) is 0 Å². The van der Waals surface area contributed by atoms with Gasteiger partial charge in [0.05, 0.1) is 6.61 Å². The van der Waals surface area contributed by atoms with Gasteiger partial charge in [-0.2, -0.15) is 0 Å². The maximum absolute atomic E-state index is 13.2. The van der Waals surface area contributed by atoms with Crippen LogP contribution in [-0.2, 0) is 6.61 Å². The Kier molecular flexibility index (Phi) is 3.04. The molecule has 0 fully saturated rings. The molecule has 13 heavy (non-hydrogen) atoms. The molecule has 2 heteroatoms. The van der Waals surface area contributed by atoms with Crippen molar-refractivity contribution in [1.82, 2.24) is 0 Å². The van der Waals surface area contributed by atoms with Crippen LogP contribution in [0.15, 0.2) is 12.1 Å². The number of halogens is 1. The second-order valence-electron chi connectivity index (χ2n) is 3.61. The summed E-state index contributed by atoms with van der Waals surface area (Å²) in [5.74, 6) is 0.0538. The molecule has 0 saturated carbocycles. The van der Waals surface area contributed by atoms with Crippen LogP contribution in [0, 0.1) is 12.7 Å². The topological polar surface area (TPSA) is 20.2 Å². The standard InChI is InChI=1S/C11H15FO/c1-7(2)10-5-11(12)8(3)4-9(10)6-13/h4-5,7,13H,6H2,1-3H3. The lowest BCUT2D eigenvalue weighted by Gasteiger charge is -2.12. The average Bonchev–Trinajstić information content (AvgIpc) is 2.08. The van der Waals surface area contributed by atoms with Gasteiger partial charge in [-0.15, -0.1) is 0 Å². The van der Waals surface area contributed by atoms with E-state index in [1.165, 1.54) is 6.07 Å². The van der Waals surface area contributed by atoms with Crippen molar-refractivity contribution in [3.05, 3.63) is 34.6 Å². The first-order chi connectivity index (χ1) is 6.06. The first-order valence-corrected chi connectivity index (χ1v) is 4.46. The Labute approximate surface area is 78.2 Å². The maximum atomic E-state index is 13.2. The first kappa shape index (κ1) is 10.2. The molecule has 0 radical (unpaired) electrons. The molecule has 0 heterocycles. The molecule has 0 atom stereocenters. The third kappa shape index (κ3) is 2.07. The molecular formula is C11H15FO. The number of hydrogen-bond donors (Lipinski definition) is 1. The molecule has 1 aromatic carbocycles. The van der Waals surface area contributed by atoms with Crippen LogP contribution in [0.5, 0.6) is 0 Å². The molecule has 1 aromatic rings. The summed E-state index contributed by atoms with van der Waals surface area (Å²) in [6.07, 6.45) is 0. The fraction of sp³-hybridized carbons (Fsp3) is 0.455. The average molecular weight is 182 g/mol. The molecule has 0 aliphatic heterocycles. The summed E-state index contributed by atoms with van der Waals surface area (Å²) in [7, 11) is 0. The zero-order chi connectivity index (χ0) is 10.0. The highest BCUT2D eigenvalue weighted by atomic mass is 19.1. The van der Waals surface area contributed by atoms with Gasteiger partial charge >= 0.3 is 0 Å². The lowest BCUT2D eigenvalue weighted by atomic mass is 9.95.